The molecule has 1 aliphatic rings. The van der Waals surface area contributed by atoms with Gasteiger partial charge in [0.1, 0.15) is 11.2 Å². The van der Waals surface area contributed by atoms with Gasteiger partial charge in [-0.1, -0.05) is 133 Å². The van der Waals surface area contributed by atoms with Crippen LogP contribution in [0, 0.1) is 0 Å². The van der Waals surface area contributed by atoms with Gasteiger partial charge in [0.25, 0.3) is 12.0 Å². The smallest absolute Gasteiger partial charge is 0.354 e. The average molecular weight is 703 g/mol. The number of furan rings is 1. The summed E-state index contributed by atoms with van der Waals surface area (Å²) < 4.78 is 11.1. The molecule has 0 saturated carbocycles. The van der Waals surface area contributed by atoms with E-state index in [9.17, 15) is 0 Å². The topological polar surface area (TPSA) is 34.8 Å². The summed E-state index contributed by atoms with van der Waals surface area (Å²) >= 11 is 0. The number of aromatic nitrogens is 3. The van der Waals surface area contributed by atoms with Crippen LogP contribution < -0.4 is 4.68 Å². The third-order valence-electron chi connectivity index (χ3n) is 11.4. The summed E-state index contributed by atoms with van der Waals surface area (Å²) in [5.41, 5.74) is 12.3. The highest BCUT2D eigenvalue weighted by atomic mass is 16.3. The molecule has 0 amide bonds. The Bertz CT molecular complexity index is 3270. The number of hydrogen-bond acceptors (Lipinski definition) is 2. The number of benzene rings is 9. The van der Waals surface area contributed by atoms with Gasteiger partial charge in [0.05, 0.1) is 5.56 Å². The first-order valence-electron chi connectivity index (χ1n) is 18.8. The van der Waals surface area contributed by atoms with Crippen LogP contribution >= 0.6 is 0 Å². The minimum absolute atomic E-state index is 0.127. The van der Waals surface area contributed by atoms with E-state index in [1.807, 2.05) is 0 Å². The van der Waals surface area contributed by atoms with E-state index in [1.165, 1.54) is 54.6 Å². The molecule has 12 rings (SSSR count). The van der Waals surface area contributed by atoms with Crippen molar-refractivity contribution in [2.75, 3.05) is 0 Å². The molecule has 0 fully saturated rings. The van der Waals surface area contributed by atoms with Gasteiger partial charge in [-0.3, -0.25) is 0 Å². The number of hydrogen-bond donors (Lipinski definition) is 0. The second-order valence-electron chi connectivity index (χ2n) is 14.6. The van der Waals surface area contributed by atoms with Crippen molar-refractivity contribution in [2.45, 2.75) is 6.17 Å². The maximum Gasteiger partial charge on any atom is 0.354 e. The largest absolute Gasteiger partial charge is 0.456 e. The van der Waals surface area contributed by atoms with Crippen LogP contribution in [0.2, 0.25) is 0 Å². The monoisotopic (exact) mass is 702 g/mol. The molecule has 55 heavy (non-hydrogen) atoms. The molecule has 1 atom stereocenters. The zero-order chi connectivity index (χ0) is 36.0. The van der Waals surface area contributed by atoms with Crippen molar-refractivity contribution in [2.24, 2.45) is 0 Å². The fourth-order valence-corrected chi connectivity index (χ4v) is 8.80. The predicted molar refractivity (Wildman–Crippen MR) is 223 cm³/mol. The van der Waals surface area contributed by atoms with Crippen molar-refractivity contribution < 1.29 is 9.10 Å². The SMILES string of the molecule is c1ccc(-c2nc(-c3cccc(-c4cccc(-c5cccc(-c6cc7oc8cccc9c%10ccccc%10c(c6)c7c89)c5)c4)c3)[n+]3n2C3c2ccccc2)cc1. The van der Waals surface area contributed by atoms with Gasteiger partial charge in [0.15, 0.2) is 0 Å². The van der Waals surface area contributed by atoms with Crippen LogP contribution in [0.15, 0.2) is 192 Å². The molecule has 1 aliphatic heterocycles. The molecule has 256 valence electrons. The Balaban J connectivity index is 0.926. The van der Waals surface area contributed by atoms with Crippen molar-refractivity contribution in [3.05, 3.63) is 194 Å². The van der Waals surface area contributed by atoms with Crippen LogP contribution in [0.25, 0.3) is 99.6 Å². The van der Waals surface area contributed by atoms with Crippen LogP contribution in [-0.2, 0) is 0 Å². The van der Waals surface area contributed by atoms with Gasteiger partial charge < -0.3 is 4.42 Å². The summed E-state index contributed by atoms with van der Waals surface area (Å²) in [5, 5.41) is 7.40. The quantitative estimate of drug-likeness (QED) is 0.128. The molecule has 0 N–H and O–H groups in total. The number of rotatable bonds is 6. The van der Waals surface area contributed by atoms with Gasteiger partial charge in [-0.15, -0.1) is 9.36 Å². The molecule has 2 aromatic heterocycles. The molecule has 0 spiro atoms. The summed E-state index contributed by atoms with van der Waals surface area (Å²) in [7, 11) is 0. The fraction of sp³-hybridized carbons (Fsp3) is 0.0196. The molecule has 0 radical (unpaired) electrons. The Morgan fingerprint density at radius 1 is 0.400 bits per heavy atom. The minimum Gasteiger partial charge on any atom is -0.456 e. The highest BCUT2D eigenvalue weighted by Gasteiger charge is 2.50. The molecular weight excluding hydrogens is 671 g/mol. The maximum absolute atomic E-state index is 6.52. The van der Waals surface area contributed by atoms with Crippen LogP contribution in [0.5, 0.6) is 0 Å². The summed E-state index contributed by atoms with van der Waals surface area (Å²) in [4.78, 5) is 5.21. The average Bonchev–Trinajstić information content (AvgIpc) is 3.66. The van der Waals surface area contributed by atoms with Crippen LogP contribution in [0.4, 0.5) is 0 Å². The first-order valence-corrected chi connectivity index (χ1v) is 18.8. The van der Waals surface area contributed by atoms with E-state index in [0.717, 1.165) is 50.6 Å². The standard InChI is InChI=1S/C51H32N3O/c1-3-13-32(14-4-1)49-52-50(54-51(53(49)54)33-15-5-2-6-16-33)39-22-11-20-37(29-39)35-18-9-17-34(27-35)36-19-10-21-38(28-36)40-30-44-42-24-8-7-23-41(42)43-25-12-26-45-47(43)48(44)46(31-40)55-45/h1-31,51H/q+1. The second kappa shape index (κ2) is 11.6. The second-order valence-corrected chi connectivity index (χ2v) is 14.6. The molecule has 0 saturated heterocycles. The van der Waals surface area contributed by atoms with Gasteiger partial charge in [0.2, 0.25) is 0 Å². The molecule has 4 heteroatoms. The van der Waals surface area contributed by atoms with Gasteiger partial charge in [-0.25, -0.2) is 0 Å². The van der Waals surface area contributed by atoms with Crippen molar-refractivity contribution in [3.63, 3.8) is 0 Å². The van der Waals surface area contributed by atoms with Crippen LogP contribution in [0.3, 0.4) is 0 Å². The van der Waals surface area contributed by atoms with E-state index in [2.05, 4.69) is 197 Å². The fourth-order valence-electron chi connectivity index (χ4n) is 8.80. The lowest BCUT2D eigenvalue weighted by atomic mass is 9.91. The summed E-state index contributed by atoms with van der Waals surface area (Å²) in [6.07, 6.45) is 0.127. The zero-order valence-electron chi connectivity index (χ0n) is 29.7. The van der Waals surface area contributed by atoms with E-state index >= 15 is 0 Å². The van der Waals surface area contributed by atoms with Gasteiger partial charge in [0, 0.05) is 21.9 Å². The van der Waals surface area contributed by atoms with Gasteiger partial charge >= 0.3 is 5.82 Å². The molecule has 1 unspecified atom stereocenters. The van der Waals surface area contributed by atoms with E-state index < -0.39 is 0 Å². The van der Waals surface area contributed by atoms with Crippen molar-refractivity contribution in [1.82, 2.24) is 9.67 Å². The highest BCUT2D eigenvalue weighted by Crippen LogP contribution is 2.44. The van der Waals surface area contributed by atoms with Gasteiger partial charge in [-0.2, -0.15) is 0 Å². The molecular formula is C51H32N3O+. The summed E-state index contributed by atoms with van der Waals surface area (Å²) in [6.45, 7) is 0. The maximum atomic E-state index is 6.52. The van der Waals surface area contributed by atoms with Crippen molar-refractivity contribution >= 4 is 43.5 Å². The Labute approximate surface area is 317 Å². The first-order chi connectivity index (χ1) is 27.3. The molecule has 11 aromatic rings. The van der Waals surface area contributed by atoms with E-state index in [1.54, 1.807) is 0 Å². The van der Waals surface area contributed by atoms with E-state index in [4.69, 9.17) is 9.40 Å². The van der Waals surface area contributed by atoms with Crippen LogP contribution in [0.1, 0.15) is 11.7 Å². The Morgan fingerprint density at radius 3 is 1.60 bits per heavy atom. The van der Waals surface area contributed by atoms with Crippen LogP contribution in [-0.4, -0.2) is 9.67 Å². The lowest BCUT2D eigenvalue weighted by molar-refractivity contribution is -0.602. The lowest BCUT2D eigenvalue weighted by Crippen LogP contribution is -2.19. The molecule has 0 bridgehead atoms. The van der Waals surface area contributed by atoms with Crippen molar-refractivity contribution in [3.8, 4) is 56.2 Å². The number of nitrogens with zero attached hydrogens (tertiary/aromatic N) is 3. The molecule has 4 nitrogen and oxygen atoms in total. The zero-order valence-corrected chi connectivity index (χ0v) is 29.7. The van der Waals surface area contributed by atoms with Gasteiger partial charge in [-0.05, 0) is 115 Å². The highest BCUT2D eigenvalue weighted by molar-refractivity contribution is 6.33. The third-order valence-corrected chi connectivity index (χ3v) is 11.4. The first kappa shape index (κ1) is 30.2. The third kappa shape index (κ3) is 4.65. The predicted octanol–water partition coefficient (Wildman–Crippen LogP) is 12.6. The Kier molecular flexibility index (Phi) is 6.37. The number of fused-ring (bicyclic) bond motifs is 4. The molecule has 9 aromatic carbocycles. The normalized spacial score (nSPS) is 13.6. The van der Waals surface area contributed by atoms with Crippen molar-refractivity contribution in [1.29, 1.82) is 0 Å². The summed E-state index contributed by atoms with van der Waals surface area (Å²) in [6, 6.07) is 67.4. The molecule has 3 heterocycles. The lowest BCUT2D eigenvalue weighted by Gasteiger charge is -2.11. The Morgan fingerprint density at radius 2 is 0.909 bits per heavy atom. The minimum atomic E-state index is 0.127. The molecule has 0 aliphatic carbocycles. The van der Waals surface area contributed by atoms with E-state index in [0.29, 0.717) is 0 Å². The Hall–Kier alpha value is -7.30. The summed E-state index contributed by atoms with van der Waals surface area (Å²) in [5.74, 6) is 1.95. The van der Waals surface area contributed by atoms with E-state index in [-0.39, 0.29) is 6.17 Å².